The van der Waals surface area contributed by atoms with Crippen molar-refractivity contribution in [3.05, 3.63) is 59.2 Å². The van der Waals surface area contributed by atoms with Gasteiger partial charge in [-0.25, -0.2) is 17.9 Å². The summed E-state index contributed by atoms with van der Waals surface area (Å²) in [5, 5.41) is 7.60. The van der Waals surface area contributed by atoms with Crippen molar-refractivity contribution in [3.63, 3.8) is 0 Å². The fourth-order valence-electron chi connectivity index (χ4n) is 4.50. The number of rotatable bonds is 7. The minimum absolute atomic E-state index is 0.0270. The predicted octanol–water partition coefficient (Wildman–Crippen LogP) is 3.16. The monoisotopic (exact) mass is 513 g/mol. The first-order chi connectivity index (χ1) is 17.6. The van der Waals surface area contributed by atoms with Gasteiger partial charge in [0, 0.05) is 42.7 Å². The Bertz CT molecular complexity index is 1540. The van der Waals surface area contributed by atoms with Crippen LogP contribution in [0.4, 0.5) is 19.0 Å². The molecule has 3 heterocycles. The minimum Gasteiger partial charge on any atom is -0.496 e. The summed E-state index contributed by atoms with van der Waals surface area (Å²) in [6.45, 7) is 0.0270. The van der Waals surface area contributed by atoms with E-state index in [1.165, 1.54) is 30.1 Å². The number of H-pyrrole nitrogens is 1. The number of nitrogens with zero attached hydrogens (tertiary/aromatic N) is 3. The highest BCUT2D eigenvalue weighted by Gasteiger charge is 2.48. The number of pyridine rings is 1. The molecule has 10 nitrogen and oxygen atoms in total. The average Bonchev–Trinajstić information content (AvgIpc) is 3.45. The first-order valence-electron chi connectivity index (χ1n) is 11.2. The van der Waals surface area contributed by atoms with Gasteiger partial charge in [-0.1, -0.05) is 0 Å². The molecular weight excluding hydrogens is 491 g/mol. The Balaban J connectivity index is 1.47. The Hall–Kier alpha value is -4.55. The van der Waals surface area contributed by atoms with Crippen molar-refractivity contribution < 1.29 is 27.5 Å². The van der Waals surface area contributed by atoms with Crippen LogP contribution in [0.15, 0.2) is 36.7 Å². The molecule has 1 aliphatic rings. The molecule has 3 aromatic heterocycles. The number of alkyl halides is 2. The van der Waals surface area contributed by atoms with Crippen molar-refractivity contribution in [2.75, 3.05) is 12.8 Å². The maximum atomic E-state index is 13.7. The molecule has 0 bridgehead atoms. The van der Waals surface area contributed by atoms with Crippen LogP contribution < -0.4 is 21.5 Å². The zero-order valence-electron chi connectivity index (χ0n) is 19.5. The van der Waals surface area contributed by atoms with Crippen LogP contribution in [0.25, 0.3) is 22.3 Å². The van der Waals surface area contributed by atoms with Gasteiger partial charge in [0.15, 0.2) is 0 Å². The molecule has 13 heteroatoms. The number of primary amides is 1. The van der Waals surface area contributed by atoms with Crippen LogP contribution in [0.5, 0.6) is 5.75 Å². The lowest BCUT2D eigenvalue weighted by atomic mass is 9.88. The molecule has 192 valence electrons. The Morgan fingerprint density at radius 3 is 2.70 bits per heavy atom. The number of carbonyl (C=O) groups excluding carboxylic acids is 2. The molecule has 0 spiro atoms. The van der Waals surface area contributed by atoms with Gasteiger partial charge in [-0.2, -0.15) is 5.10 Å². The smallest absolute Gasteiger partial charge is 0.255 e. The zero-order chi connectivity index (χ0) is 26.5. The second-order valence-electron chi connectivity index (χ2n) is 8.76. The third-order valence-corrected chi connectivity index (χ3v) is 6.35. The molecule has 2 amide bonds. The van der Waals surface area contributed by atoms with E-state index in [4.69, 9.17) is 16.2 Å². The van der Waals surface area contributed by atoms with E-state index in [9.17, 15) is 22.8 Å². The van der Waals surface area contributed by atoms with Gasteiger partial charge in [0.1, 0.15) is 34.3 Å². The van der Waals surface area contributed by atoms with E-state index in [1.807, 2.05) is 0 Å². The number of hydrogen-bond donors (Lipinski definition) is 4. The van der Waals surface area contributed by atoms with Gasteiger partial charge in [-0.05, 0) is 24.3 Å². The van der Waals surface area contributed by atoms with E-state index in [2.05, 4.69) is 20.4 Å². The number of hydrogen-bond acceptors (Lipinski definition) is 6. The molecule has 0 atom stereocenters. The van der Waals surface area contributed by atoms with E-state index >= 15 is 0 Å². The normalized spacial score (nSPS) is 14.9. The lowest BCUT2D eigenvalue weighted by Gasteiger charge is -2.35. The van der Waals surface area contributed by atoms with Gasteiger partial charge in [-0.3, -0.25) is 14.6 Å². The number of aromatic amines is 1. The van der Waals surface area contributed by atoms with Crippen LogP contribution in [0.3, 0.4) is 0 Å². The standard InChI is InChI=1S/C24H22F3N7O3/c1-37-16-3-2-12(25)6-15(16)23(36)32-10-11-9-31-19(14-4-5-30-18(11)14)20-17(22(29)35)21(28)34(33-20)13-7-24(26,27)8-13/h2-6,9,13,30H,7-8,10,28H2,1H3,(H2,29,35)(H,32,36). The van der Waals surface area contributed by atoms with Crippen LogP contribution in [-0.4, -0.2) is 44.6 Å². The highest BCUT2D eigenvalue weighted by molar-refractivity contribution is 6.06. The van der Waals surface area contributed by atoms with Crippen molar-refractivity contribution in [2.45, 2.75) is 31.4 Å². The number of methoxy groups -OCH3 is 1. The maximum Gasteiger partial charge on any atom is 0.255 e. The third-order valence-electron chi connectivity index (χ3n) is 6.35. The number of nitrogens with two attached hydrogens (primary N) is 2. The summed E-state index contributed by atoms with van der Waals surface area (Å²) in [6.07, 6.45) is 2.21. The molecule has 4 aromatic rings. The van der Waals surface area contributed by atoms with E-state index < -0.39 is 42.4 Å². The van der Waals surface area contributed by atoms with Crippen LogP contribution in [0.2, 0.25) is 0 Å². The first-order valence-corrected chi connectivity index (χ1v) is 11.2. The lowest BCUT2D eigenvalue weighted by molar-refractivity contribution is -0.106. The summed E-state index contributed by atoms with van der Waals surface area (Å²) >= 11 is 0. The SMILES string of the molecule is COc1ccc(F)cc1C(=O)NCc1cnc(-c2nn(C3CC(F)(F)C3)c(N)c2C(N)=O)c2cc[nH]c12. The Morgan fingerprint density at radius 2 is 2.03 bits per heavy atom. The zero-order valence-corrected chi connectivity index (χ0v) is 19.5. The maximum absolute atomic E-state index is 13.7. The molecule has 1 aliphatic carbocycles. The van der Waals surface area contributed by atoms with Crippen LogP contribution in [0.1, 0.15) is 45.2 Å². The number of carbonyl (C=O) groups is 2. The summed E-state index contributed by atoms with van der Waals surface area (Å²) in [5.74, 6) is -4.71. The summed E-state index contributed by atoms with van der Waals surface area (Å²) in [7, 11) is 1.38. The Labute approximate surface area is 207 Å². The Morgan fingerprint density at radius 1 is 1.27 bits per heavy atom. The van der Waals surface area contributed by atoms with Gasteiger partial charge in [0.2, 0.25) is 0 Å². The number of halogens is 3. The first kappa shape index (κ1) is 24.2. The molecular formula is C24H22F3N7O3. The van der Waals surface area contributed by atoms with Crippen molar-refractivity contribution in [1.82, 2.24) is 25.1 Å². The number of nitrogens with one attached hydrogen (secondary N) is 2. The number of nitrogen functional groups attached to an aromatic ring is 1. The summed E-state index contributed by atoms with van der Waals surface area (Å²) in [4.78, 5) is 32.4. The van der Waals surface area contributed by atoms with E-state index in [-0.39, 0.29) is 40.6 Å². The van der Waals surface area contributed by atoms with E-state index in [0.29, 0.717) is 16.5 Å². The second-order valence-corrected chi connectivity index (χ2v) is 8.76. The lowest BCUT2D eigenvalue weighted by Crippen LogP contribution is -2.38. The molecule has 1 aromatic carbocycles. The summed E-state index contributed by atoms with van der Waals surface area (Å²) in [6, 6.07) is 4.64. The number of ether oxygens (including phenoxy) is 1. The molecule has 0 radical (unpaired) electrons. The fourth-order valence-corrected chi connectivity index (χ4v) is 4.50. The number of anilines is 1. The molecule has 37 heavy (non-hydrogen) atoms. The number of aromatic nitrogens is 4. The van der Waals surface area contributed by atoms with Crippen LogP contribution in [-0.2, 0) is 6.54 Å². The number of amides is 2. The van der Waals surface area contributed by atoms with Gasteiger partial charge >= 0.3 is 0 Å². The van der Waals surface area contributed by atoms with Crippen LogP contribution >= 0.6 is 0 Å². The van der Waals surface area contributed by atoms with Gasteiger partial charge < -0.3 is 26.5 Å². The Kier molecular flexibility index (Phi) is 5.77. The minimum atomic E-state index is -2.82. The predicted molar refractivity (Wildman–Crippen MR) is 128 cm³/mol. The average molecular weight is 513 g/mol. The topological polar surface area (TPSA) is 154 Å². The van der Waals surface area contributed by atoms with Crippen molar-refractivity contribution in [1.29, 1.82) is 0 Å². The van der Waals surface area contributed by atoms with Gasteiger partial charge in [0.05, 0.1) is 24.2 Å². The summed E-state index contributed by atoms with van der Waals surface area (Å²) in [5.41, 5.74) is 13.1. The molecule has 1 fully saturated rings. The fraction of sp³-hybridized carbons (Fsp3) is 0.250. The second kappa shape index (κ2) is 8.84. The molecule has 1 saturated carbocycles. The highest BCUT2D eigenvalue weighted by atomic mass is 19.3. The van der Waals surface area contributed by atoms with Crippen LogP contribution in [0, 0.1) is 5.82 Å². The molecule has 0 saturated heterocycles. The van der Waals surface area contributed by atoms with Gasteiger partial charge in [0.25, 0.3) is 17.7 Å². The quantitative estimate of drug-likeness (QED) is 0.298. The summed E-state index contributed by atoms with van der Waals surface area (Å²) < 4.78 is 46.9. The number of fused-ring (bicyclic) bond motifs is 1. The van der Waals surface area contributed by atoms with Crippen molar-refractivity contribution in [3.8, 4) is 17.1 Å². The highest BCUT2D eigenvalue weighted by Crippen LogP contribution is 2.47. The van der Waals surface area contributed by atoms with Crippen molar-refractivity contribution in [2.24, 2.45) is 5.73 Å². The largest absolute Gasteiger partial charge is 0.496 e. The van der Waals surface area contributed by atoms with Gasteiger partial charge in [-0.15, -0.1) is 0 Å². The molecule has 0 aliphatic heterocycles. The molecule has 0 unspecified atom stereocenters. The van der Waals surface area contributed by atoms with E-state index in [0.717, 1.165) is 6.07 Å². The van der Waals surface area contributed by atoms with E-state index in [1.54, 1.807) is 12.3 Å². The number of benzene rings is 1. The third kappa shape index (κ3) is 4.21. The molecule has 5 rings (SSSR count). The molecule has 6 N–H and O–H groups in total. The van der Waals surface area contributed by atoms with Crippen molar-refractivity contribution >= 4 is 28.5 Å².